The molecule has 0 radical (unpaired) electrons. The van der Waals surface area contributed by atoms with Crippen molar-refractivity contribution in [1.29, 1.82) is 0 Å². The van der Waals surface area contributed by atoms with E-state index in [1.54, 1.807) is 0 Å². The van der Waals surface area contributed by atoms with Crippen molar-refractivity contribution in [3.8, 4) is 0 Å². The van der Waals surface area contributed by atoms with Crippen molar-refractivity contribution < 1.29 is 4.79 Å². The number of halogens is 4. The minimum atomic E-state index is -1.77. The molecule has 6 heteroatoms. The third kappa shape index (κ3) is 3.29. The summed E-state index contributed by atoms with van der Waals surface area (Å²) >= 11 is 20.8. The molecule has 0 saturated heterocycles. The van der Waals surface area contributed by atoms with Gasteiger partial charge in [0.25, 0.3) is 0 Å². The van der Waals surface area contributed by atoms with Gasteiger partial charge in [-0.1, -0.05) is 46.4 Å². The van der Waals surface area contributed by atoms with Crippen molar-refractivity contribution in [1.82, 2.24) is 0 Å². The molecule has 0 atom stereocenters. The molecule has 0 aliphatic heterocycles. The molecule has 0 aromatic rings. The topological polar surface area (TPSA) is 29.4 Å². The number of alkyl halides is 4. The maximum atomic E-state index is 9.55. The normalized spacial score (nSPS) is 11.2. The summed E-state index contributed by atoms with van der Waals surface area (Å²) in [6.45, 7) is 0. The summed E-state index contributed by atoms with van der Waals surface area (Å²) in [6, 6.07) is 0. The van der Waals surface area contributed by atoms with Gasteiger partial charge in [0.15, 0.2) is 4.84 Å². The number of carbonyl (C=O) groups excluding carboxylic acids is 1. The molecule has 0 saturated carbocycles. The van der Waals surface area contributed by atoms with E-state index in [0.717, 1.165) is 6.08 Å². The van der Waals surface area contributed by atoms with Crippen LogP contribution in [-0.4, -0.2) is 15.4 Å². The van der Waals surface area contributed by atoms with Gasteiger partial charge in [-0.25, -0.2) is 4.79 Å². The fourth-order valence-electron chi connectivity index (χ4n) is 0.110. The van der Waals surface area contributed by atoms with Crippen molar-refractivity contribution in [2.75, 3.05) is 0 Å². The predicted molar refractivity (Wildman–Crippen MR) is 38.1 cm³/mol. The van der Waals surface area contributed by atoms with E-state index in [1.165, 1.54) is 0 Å². The second-order valence-electron chi connectivity index (χ2n) is 1.09. The second kappa shape index (κ2) is 3.65. The van der Waals surface area contributed by atoms with Crippen LogP contribution in [-0.2, 0) is 4.79 Å². The third-order valence-electron chi connectivity index (χ3n) is 0.457. The highest BCUT2D eigenvalue weighted by Crippen LogP contribution is 2.32. The van der Waals surface area contributed by atoms with Gasteiger partial charge >= 0.3 is 0 Å². The maximum Gasteiger partial charge on any atom is 0.249 e. The van der Waals surface area contributed by atoms with Crippen LogP contribution in [0.25, 0.3) is 0 Å². The van der Waals surface area contributed by atoms with Crippen LogP contribution in [0.15, 0.2) is 4.99 Å². The SMILES string of the molecule is O=C=NC(Cl)(Cl)C(Cl)Cl. The lowest BCUT2D eigenvalue weighted by Gasteiger charge is -2.11. The van der Waals surface area contributed by atoms with Crippen LogP contribution in [0.4, 0.5) is 0 Å². The van der Waals surface area contributed by atoms with Gasteiger partial charge < -0.3 is 0 Å². The lowest BCUT2D eigenvalue weighted by Crippen LogP contribution is -2.17. The largest absolute Gasteiger partial charge is 0.249 e. The molecule has 0 N–H and O–H groups in total. The Morgan fingerprint density at radius 2 is 1.89 bits per heavy atom. The molecular weight excluding hydrogens is 208 g/mol. The number of hydrogen-bond donors (Lipinski definition) is 0. The molecule has 52 valence electrons. The Hall–Kier alpha value is 0.540. The fraction of sp³-hybridized carbons (Fsp3) is 0.667. The van der Waals surface area contributed by atoms with Crippen LogP contribution < -0.4 is 0 Å². The quantitative estimate of drug-likeness (QED) is 0.296. The van der Waals surface area contributed by atoms with Gasteiger partial charge in [0, 0.05) is 0 Å². The zero-order valence-electron chi connectivity index (χ0n) is 3.94. The first-order chi connectivity index (χ1) is 4.00. The molecule has 2 nitrogen and oxygen atoms in total. The van der Waals surface area contributed by atoms with Gasteiger partial charge in [-0.05, 0) is 0 Å². The average molecular weight is 209 g/mol. The molecular formula is C3HCl4NO. The van der Waals surface area contributed by atoms with E-state index in [1.807, 2.05) is 0 Å². The van der Waals surface area contributed by atoms with Crippen molar-refractivity contribution in [2.45, 2.75) is 9.29 Å². The number of rotatable bonds is 2. The summed E-state index contributed by atoms with van der Waals surface area (Å²) in [7, 11) is 0. The standard InChI is InChI=1S/C3HCl4NO/c4-2(5)3(6,7)8-1-9/h2H. The first-order valence-corrected chi connectivity index (χ1v) is 3.38. The highest BCUT2D eigenvalue weighted by Gasteiger charge is 2.31. The molecule has 0 bridgehead atoms. The van der Waals surface area contributed by atoms with Crippen molar-refractivity contribution in [3.63, 3.8) is 0 Å². The van der Waals surface area contributed by atoms with E-state index in [2.05, 4.69) is 4.99 Å². The Bertz CT molecular complexity index is 139. The molecule has 0 unspecified atom stereocenters. The van der Waals surface area contributed by atoms with Crippen LogP contribution in [0.1, 0.15) is 0 Å². The Labute approximate surface area is 71.7 Å². The fourth-order valence-corrected chi connectivity index (χ4v) is 0.276. The van der Waals surface area contributed by atoms with E-state index >= 15 is 0 Å². The number of nitrogens with zero attached hydrogens (tertiary/aromatic N) is 1. The van der Waals surface area contributed by atoms with Crippen LogP contribution in [0.5, 0.6) is 0 Å². The van der Waals surface area contributed by atoms with Crippen molar-refractivity contribution in [2.24, 2.45) is 4.99 Å². The van der Waals surface area contributed by atoms with Gasteiger partial charge in [0.1, 0.15) is 0 Å². The third-order valence-corrected chi connectivity index (χ3v) is 2.14. The predicted octanol–water partition coefficient (Wildman–Crippen LogP) is 2.26. The highest BCUT2D eigenvalue weighted by atomic mass is 35.5. The highest BCUT2D eigenvalue weighted by molar-refractivity contribution is 6.59. The van der Waals surface area contributed by atoms with Gasteiger partial charge in [0.2, 0.25) is 10.5 Å². The number of hydrogen-bond acceptors (Lipinski definition) is 2. The summed E-state index contributed by atoms with van der Waals surface area (Å²) in [4.78, 5) is 11.3. The molecule has 0 aromatic carbocycles. The molecule has 0 aromatic heterocycles. The van der Waals surface area contributed by atoms with Crippen LogP contribution in [0, 0.1) is 0 Å². The summed E-state index contributed by atoms with van der Waals surface area (Å²) in [5, 5.41) is 0. The lowest BCUT2D eigenvalue weighted by atomic mass is 10.7. The summed E-state index contributed by atoms with van der Waals surface area (Å²) < 4.78 is -1.77. The molecule has 0 aliphatic rings. The van der Waals surface area contributed by atoms with E-state index in [0.29, 0.717) is 0 Å². The van der Waals surface area contributed by atoms with E-state index in [9.17, 15) is 4.79 Å². The van der Waals surface area contributed by atoms with Crippen LogP contribution in [0.2, 0.25) is 0 Å². The van der Waals surface area contributed by atoms with Crippen LogP contribution >= 0.6 is 46.4 Å². The summed E-state index contributed by atoms with van der Waals surface area (Å²) in [5.74, 6) is 0. The second-order valence-corrected chi connectivity index (χ2v) is 3.53. The zero-order valence-corrected chi connectivity index (χ0v) is 6.97. The van der Waals surface area contributed by atoms with E-state index < -0.39 is 9.29 Å². The molecule has 0 heterocycles. The van der Waals surface area contributed by atoms with Crippen molar-refractivity contribution >= 4 is 52.5 Å². The Balaban J connectivity index is 4.18. The zero-order chi connectivity index (χ0) is 7.49. The maximum absolute atomic E-state index is 9.55. The van der Waals surface area contributed by atoms with Crippen LogP contribution in [0.3, 0.4) is 0 Å². The molecule has 9 heavy (non-hydrogen) atoms. The van der Waals surface area contributed by atoms with Gasteiger partial charge in [0.05, 0.1) is 0 Å². The molecule has 0 rings (SSSR count). The monoisotopic (exact) mass is 207 g/mol. The Kier molecular flexibility index (Phi) is 3.86. The Morgan fingerprint density at radius 1 is 1.44 bits per heavy atom. The first-order valence-electron chi connectivity index (χ1n) is 1.75. The smallest absolute Gasteiger partial charge is 0.211 e. The number of aliphatic imine (C=N–C) groups is 1. The number of isocyanates is 1. The molecule has 0 fully saturated rings. The minimum Gasteiger partial charge on any atom is -0.211 e. The van der Waals surface area contributed by atoms with Crippen molar-refractivity contribution in [3.05, 3.63) is 0 Å². The summed E-state index contributed by atoms with van der Waals surface area (Å²) in [5.41, 5.74) is 0. The molecule has 0 spiro atoms. The van der Waals surface area contributed by atoms with Gasteiger partial charge in [-0.2, -0.15) is 4.99 Å². The molecule has 0 amide bonds. The average Bonchev–Trinajstić information content (AvgIpc) is 1.65. The molecule has 0 aliphatic carbocycles. The first kappa shape index (κ1) is 9.54. The summed E-state index contributed by atoms with van der Waals surface area (Å²) in [6.07, 6.45) is 1.13. The minimum absolute atomic E-state index is 1.13. The van der Waals surface area contributed by atoms with E-state index in [-0.39, 0.29) is 0 Å². The Morgan fingerprint density at radius 3 is 2.00 bits per heavy atom. The lowest BCUT2D eigenvalue weighted by molar-refractivity contribution is 0.561. The van der Waals surface area contributed by atoms with Gasteiger partial charge in [-0.3, -0.25) is 0 Å². The van der Waals surface area contributed by atoms with Gasteiger partial charge in [-0.15, -0.1) is 0 Å². The van der Waals surface area contributed by atoms with E-state index in [4.69, 9.17) is 46.4 Å².